The van der Waals surface area contributed by atoms with Gasteiger partial charge in [-0.3, -0.25) is 4.90 Å². The number of ether oxygens (including phenoxy) is 1. The van der Waals surface area contributed by atoms with E-state index in [4.69, 9.17) is 16.3 Å². The fourth-order valence-corrected chi connectivity index (χ4v) is 2.27. The van der Waals surface area contributed by atoms with Crippen molar-refractivity contribution in [3.63, 3.8) is 0 Å². The second-order valence-electron chi connectivity index (χ2n) is 4.91. The van der Waals surface area contributed by atoms with Crippen molar-refractivity contribution in [3.8, 4) is 0 Å². The zero-order valence-corrected chi connectivity index (χ0v) is 12.0. The molecule has 19 heavy (non-hydrogen) atoms. The van der Waals surface area contributed by atoms with E-state index >= 15 is 0 Å². The van der Waals surface area contributed by atoms with Crippen LogP contribution in [0.3, 0.4) is 0 Å². The van der Waals surface area contributed by atoms with Gasteiger partial charge in [0.25, 0.3) is 0 Å². The third kappa shape index (κ3) is 4.66. The minimum absolute atomic E-state index is 0.391. The first-order chi connectivity index (χ1) is 9.15. The highest BCUT2D eigenvalue weighted by atomic mass is 35.5. The first-order valence-corrected chi connectivity index (χ1v) is 7.01. The summed E-state index contributed by atoms with van der Waals surface area (Å²) in [6.07, 6.45) is -0.391. The summed E-state index contributed by atoms with van der Waals surface area (Å²) in [6.45, 7) is 6.48. The molecule has 0 radical (unpaired) electrons. The van der Waals surface area contributed by atoms with Gasteiger partial charge in [-0.25, -0.2) is 0 Å². The van der Waals surface area contributed by atoms with Gasteiger partial charge in [-0.05, 0) is 24.6 Å². The minimum atomic E-state index is -0.391. The number of morpholine rings is 1. The van der Waals surface area contributed by atoms with E-state index in [2.05, 4.69) is 10.2 Å². The van der Waals surface area contributed by atoms with Gasteiger partial charge >= 0.3 is 0 Å². The molecule has 106 valence electrons. The highest BCUT2D eigenvalue weighted by Gasteiger charge is 2.14. The van der Waals surface area contributed by atoms with Crippen LogP contribution in [0.25, 0.3) is 0 Å². The molecule has 2 N–H and O–H groups in total. The second-order valence-corrected chi connectivity index (χ2v) is 5.32. The Hall–Kier alpha value is -0.810. The normalized spacial score (nSPS) is 18.3. The Morgan fingerprint density at radius 3 is 2.84 bits per heavy atom. The number of rotatable bonds is 5. The van der Waals surface area contributed by atoms with Crippen LogP contribution < -0.4 is 5.32 Å². The van der Waals surface area contributed by atoms with Crippen LogP contribution >= 0.6 is 11.6 Å². The van der Waals surface area contributed by atoms with E-state index < -0.39 is 6.10 Å². The minimum Gasteiger partial charge on any atom is -0.390 e. The molecule has 0 amide bonds. The van der Waals surface area contributed by atoms with Crippen LogP contribution in [0, 0.1) is 6.92 Å². The Labute approximate surface area is 119 Å². The van der Waals surface area contributed by atoms with Gasteiger partial charge in [0.1, 0.15) is 0 Å². The Bertz CT molecular complexity index is 408. The lowest BCUT2D eigenvalue weighted by Crippen LogP contribution is -2.42. The molecule has 4 nitrogen and oxygen atoms in total. The van der Waals surface area contributed by atoms with Gasteiger partial charge in [0.2, 0.25) is 0 Å². The number of halogens is 1. The maximum Gasteiger partial charge on any atom is 0.0839 e. The molecule has 0 spiro atoms. The molecule has 5 heteroatoms. The lowest BCUT2D eigenvalue weighted by atomic mass is 10.2. The number of nitrogens with zero attached hydrogens (tertiary/aromatic N) is 1. The van der Waals surface area contributed by atoms with E-state index in [0.29, 0.717) is 13.1 Å². The molecular formula is C14H21ClN2O2. The Balaban J connectivity index is 1.75. The summed E-state index contributed by atoms with van der Waals surface area (Å²) >= 11 is 6.06. The van der Waals surface area contributed by atoms with Crippen LogP contribution in [-0.4, -0.2) is 55.5 Å². The smallest absolute Gasteiger partial charge is 0.0839 e. The topological polar surface area (TPSA) is 44.7 Å². The SMILES string of the molecule is Cc1ccc(NCC(O)CN2CCOCC2)cc1Cl. The van der Waals surface area contributed by atoms with Gasteiger partial charge in [-0.2, -0.15) is 0 Å². The number of benzene rings is 1. The predicted octanol–water partition coefficient (Wildman–Crippen LogP) is 1.75. The van der Waals surface area contributed by atoms with Gasteiger partial charge in [0.05, 0.1) is 19.3 Å². The maximum absolute atomic E-state index is 10.0. The number of aryl methyl sites for hydroxylation is 1. The first-order valence-electron chi connectivity index (χ1n) is 6.63. The van der Waals surface area contributed by atoms with Crippen LogP contribution in [0.4, 0.5) is 5.69 Å². The fraction of sp³-hybridized carbons (Fsp3) is 0.571. The average Bonchev–Trinajstić information content (AvgIpc) is 2.41. The van der Waals surface area contributed by atoms with Crippen molar-refractivity contribution in [2.24, 2.45) is 0 Å². The molecule has 0 bridgehead atoms. The number of aliphatic hydroxyl groups excluding tert-OH is 1. The Morgan fingerprint density at radius 2 is 2.16 bits per heavy atom. The summed E-state index contributed by atoms with van der Waals surface area (Å²) < 4.78 is 5.28. The molecule has 1 aliphatic heterocycles. The number of anilines is 1. The number of hydrogen-bond acceptors (Lipinski definition) is 4. The van der Waals surface area contributed by atoms with E-state index in [1.807, 2.05) is 25.1 Å². The molecule has 1 atom stereocenters. The molecule has 2 rings (SSSR count). The molecule has 0 aromatic heterocycles. The van der Waals surface area contributed by atoms with Crippen molar-refractivity contribution in [2.75, 3.05) is 44.7 Å². The average molecular weight is 285 g/mol. The van der Waals surface area contributed by atoms with Gasteiger partial charge in [-0.15, -0.1) is 0 Å². The van der Waals surface area contributed by atoms with Crippen molar-refractivity contribution < 1.29 is 9.84 Å². The fourth-order valence-electron chi connectivity index (χ4n) is 2.08. The van der Waals surface area contributed by atoms with Crippen LogP contribution in [-0.2, 0) is 4.74 Å². The predicted molar refractivity (Wildman–Crippen MR) is 77.9 cm³/mol. The molecule has 1 heterocycles. The van der Waals surface area contributed by atoms with Crippen LogP contribution in [0.1, 0.15) is 5.56 Å². The van der Waals surface area contributed by atoms with Gasteiger partial charge in [-0.1, -0.05) is 17.7 Å². The molecule has 0 aliphatic carbocycles. The number of aliphatic hydroxyl groups is 1. The summed E-state index contributed by atoms with van der Waals surface area (Å²) in [5.74, 6) is 0. The van der Waals surface area contributed by atoms with Crippen molar-refractivity contribution in [3.05, 3.63) is 28.8 Å². The number of hydrogen-bond donors (Lipinski definition) is 2. The van der Waals surface area contributed by atoms with Gasteiger partial charge < -0.3 is 15.2 Å². The van der Waals surface area contributed by atoms with E-state index in [-0.39, 0.29) is 0 Å². The third-order valence-electron chi connectivity index (χ3n) is 3.29. The van der Waals surface area contributed by atoms with Crippen molar-refractivity contribution in [1.82, 2.24) is 4.90 Å². The summed E-state index contributed by atoms with van der Waals surface area (Å²) in [6, 6.07) is 5.83. The molecule has 0 saturated carbocycles. The zero-order chi connectivity index (χ0) is 13.7. The highest BCUT2D eigenvalue weighted by molar-refractivity contribution is 6.31. The number of β-amino-alcohol motifs (C(OH)–C–C–N with tert-alkyl or cyclic N) is 1. The van der Waals surface area contributed by atoms with Crippen molar-refractivity contribution in [1.29, 1.82) is 0 Å². The Morgan fingerprint density at radius 1 is 1.42 bits per heavy atom. The summed E-state index contributed by atoms with van der Waals surface area (Å²) in [7, 11) is 0. The maximum atomic E-state index is 10.0. The Kier molecular flexibility index (Phi) is 5.45. The molecule has 1 aromatic carbocycles. The van der Waals surface area contributed by atoms with Gasteiger partial charge in [0.15, 0.2) is 0 Å². The van der Waals surface area contributed by atoms with Crippen LogP contribution in [0.5, 0.6) is 0 Å². The molecule has 1 aromatic rings. The van der Waals surface area contributed by atoms with Crippen molar-refractivity contribution in [2.45, 2.75) is 13.0 Å². The second kappa shape index (κ2) is 7.10. The van der Waals surface area contributed by atoms with Crippen LogP contribution in [0.15, 0.2) is 18.2 Å². The monoisotopic (exact) mass is 284 g/mol. The molecule has 1 saturated heterocycles. The van der Waals surface area contributed by atoms with E-state index in [0.717, 1.165) is 42.6 Å². The molecule has 1 unspecified atom stereocenters. The highest BCUT2D eigenvalue weighted by Crippen LogP contribution is 2.19. The first kappa shape index (κ1) is 14.6. The van der Waals surface area contributed by atoms with Gasteiger partial charge in [0, 0.05) is 36.9 Å². The summed E-state index contributed by atoms with van der Waals surface area (Å²) in [4.78, 5) is 2.22. The zero-order valence-electron chi connectivity index (χ0n) is 11.2. The molecule has 1 aliphatic rings. The molecule has 1 fully saturated rings. The van der Waals surface area contributed by atoms with E-state index in [1.165, 1.54) is 0 Å². The van der Waals surface area contributed by atoms with Crippen molar-refractivity contribution >= 4 is 17.3 Å². The molecular weight excluding hydrogens is 264 g/mol. The summed E-state index contributed by atoms with van der Waals surface area (Å²) in [5.41, 5.74) is 2.00. The number of nitrogens with one attached hydrogen (secondary N) is 1. The standard InChI is InChI=1S/C14H21ClN2O2/c1-11-2-3-12(8-14(11)15)16-9-13(18)10-17-4-6-19-7-5-17/h2-3,8,13,16,18H,4-7,9-10H2,1H3. The van der Waals surface area contributed by atoms with E-state index in [1.54, 1.807) is 0 Å². The van der Waals surface area contributed by atoms with E-state index in [9.17, 15) is 5.11 Å². The third-order valence-corrected chi connectivity index (χ3v) is 3.69. The van der Waals surface area contributed by atoms with Crippen LogP contribution in [0.2, 0.25) is 5.02 Å². The lowest BCUT2D eigenvalue weighted by molar-refractivity contribution is 0.0171. The largest absolute Gasteiger partial charge is 0.390 e. The summed E-state index contributed by atoms with van der Waals surface area (Å²) in [5, 5.41) is 14.0. The quantitative estimate of drug-likeness (QED) is 0.865. The lowest BCUT2D eigenvalue weighted by Gasteiger charge is -2.28.